The highest BCUT2D eigenvalue weighted by atomic mass is 32.1. The van der Waals surface area contributed by atoms with Crippen molar-refractivity contribution in [2.75, 3.05) is 7.05 Å². The van der Waals surface area contributed by atoms with Crippen LogP contribution in [0, 0.1) is 18.3 Å². The second kappa shape index (κ2) is 8.04. The monoisotopic (exact) mass is 420 g/mol. The van der Waals surface area contributed by atoms with E-state index in [4.69, 9.17) is 0 Å². The molecule has 0 unspecified atom stereocenters. The average molecular weight is 421 g/mol. The van der Waals surface area contributed by atoms with Gasteiger partial charge < -0.3 is 4.90 Å². The Bertz CT molecular complexity index is 1180. The molecule has 3 aromatic rings. The normalized spacial score (nSPS) is 15.6. The largest absolute Gasteiger partial charge is 0.325 e. The van der Waals surface area contributed by atoms with Crippen molar-refractivity contribution in [1.29, 1.82) is 5.26 Å². The predicted molar refractivity (Wildman–Crippen MR) is 118 cm³/mol. The molecule has 1 aliphatic carbocycles. The van der Waals surface area contributed by atoms with Crippen molar-refractivity contribution in [2.45, 2.75) is 51.1 Å². The molecule has 30 heavy (non-hydrogen) atoms. The molecular weight excluding hydrogens is 396 g/mol. The van der Waals surface area contributed by atoms with Gasteiger partial charge in [-0.25, -0.2) is 4.98 Å². The number of likely N-dealkylation sites (N-methyl/N-ethyl adjacent to an activating group) is 1. The standard InChI is InChI=1S/C23H24N4O2S/c1-16-19-21(30-20(16)17-9-5-3-6-10-17)25-15-27(22(19)29)13-18(28)26(2)23(14-24)11-7-4-8-12-23/h3,5-6,9-10,15H,4,7-8,11-13H2,1-2H3. The highest BCUT2D eigenvalue weighted by Crippen LogP contribution is 2.35. The molecule has 1 amide bonds. The quantitative estimate of drug-likeness (QED) is 0.636. The van der Waals surface area contributed by atoms with Crippen LogP contribution in [0.1, 0.15) is 37.7 Å². The molecule has 6 nitrogen and oxygen atoms in total. The summed E-state index contributed by atoms with van der Waals surface area (Å²) in [6.07, 6.45) is 5.78. The zero-order chi connectivity index (χ0) is 21.3. The topological polar surface area (TPSA) is 79.0 Å². The molecule has 0 spiro atoms. The van der Waals surface area contributed by atoms with Crippen LogP contribution in [0.25, 0.3) is 20.7 Å². The Balaban J connectivity index is 1.66. The molecule has 1 saturated carbocycles. The van der Waals surface area contributed by atoms with Crippen molar-refractivity contribution < 1.29 is 4.79 Å². The number of rotatable bonds is 4. The maximum absolute atomic E-state index is 13.2. The van der Waals surface area contributed by atoms with Gasteiger partial charge in [0.1, 0.15) is 16.9 Å². The van der Waals surface area contributed by atoms with Crippen LogP contribution in [0.3, 0.4) is 0 Å². The van der Waals surface area contributed by atoms with Gasteiger partial charge >= 0.3 is 0 Å². The molecule has 0 atom stereocenters. The Kier molecular flexibility index (Phi) is 5.44. The number of hydrogen-bond donors (Lipinski definition) is 0. The van der Waals surface area contributed by atoms with Crippen molar-refractivity contribution >= 4 is 27.5 Å². The molecule has 2 heterocycles. The summed E-state index contributed by atoms with van der Waals surface area (Å²) in [5.41, 5.74) is 0.949. The van der Waals surface area contributed by atoms with Crippen LogP contribution in [0.5, 0.6) is 0 Å². The predicted octanol–water partition coefficient (Wildman–Crippen LogP) is 4.12. The van der Waals surface area contributed by atoms with E-state index < -0.39 is 5.54 Å². The van der Waals surface area contributed by atoms with E-state index in [9.17, 15) is 14.9 Å². The number of fused-ring (bicyclic) bond motifs is 1. The van der Waals surface area contributed by atoms with Crippen LogP contribution in [0.15, 0.2) is 41.5 Å². The highest BCUT2D eigenvalue weighted by Gasteiger charge is 2.38. The minimum Gasteiger partial charge on any atom is -0.325 e. The molecule has 154 valence electrons. The van der Waals surface area contributed by atoms with Crippen molar-refractivity contribution in [1.82, 2.24) is 14.5 Å². The van der Waals surface area contributed by atoms with E-state index >= 15 is 0 Å². The Labute approximate surface area is 179 Å². The molecule has 2 aromatic heterocycles. The van der Waals surface area contributed by atoms with E-state index in [1.807, 2.05) is 37.3 Å². The van der Waals surface area contributed by atoms with Gasteiger partial charge in [0.25, 0.3) is 5.56 Å². The van der Waals surface area contributed by atoms with E-state index in [2.05, 4.69) is 11.1 Å². The highest BCUT2D eigenvalue weighted by molar-refractivity contribution is 7.22. The number of thiophene rings is 1. The maximum Gasteiger partial charge on any atom is 0.262 e. The zero-order valence-corrected chi connectivity index (χ0v) is 18.0. The number of carbonyl (C=O) groups excluding carboxylic acids is 1. The molecule has 4 rings (SSSR count). The van der Waals surface area contributed by atoms with Gasteiger partial charge in [-0.15, -0.1) is 11.3 Å². The Hall–Kier alpha value is -2.98. The fraction of sp³-hybridized carbons (Fsp3) is 0.391. The van der Waals surface area contributed by atoms with Crippen molar-refractivity contribution in [3.05, 3.63) is 52.6 Å². The van der Waals surface area contributed by atoms with Crippen molar-refractivity contribution in [2.24, 2.45) is 0 Å². The van der Waals surface area contributed by atoms with Gasteiger partial charge in [0.05, 0.1) is 17.8 Å². The number of hydrogen-bond acceptors (Lipinski definition) is 5. The van der Waals surface area contributed by atoms with Crippen LogP contribution >= 0.6 is 11.3 Å². The molecular formula is C23H24N4O2S. The van der Waals surface area contributed by atoms with Gasteiger partial charge in [-0.2, -0.15) is 5.26 Å². The van der Waals surface area contributed by atoms with Crippen molar-refractivity contribution in [3.8, 4) is 16.5 Å². The summed E-state index contributed by atoms with van der Waals surface area (Å²) in [4.78, 5) is 33.8. The van der Waals surface area contributed by atoms with Crippen LogP contribution < -0.4 is 5.56 Å². The zero-order valence-electron chi connectivity index (χ0n) is 17.2. The van der Waals surface area contributed by atoms with Crippen LogP contribution in [-0.4, -0.2) is 32.9 Å². The lowest BCUT2D eigenvalue weighted by Gasteiger charge is -2.39. The second-order valence-electron chi connectivity index (χ2n) is 7.94. The summed E-state index contributed by atoms with van der Waals surface area (Å²) in [5, 5.41) is 10.3. The number of nitrogens with zero attached hydrogens (tertiary/aromatic N) is 4. The van der Waals surface area contributed by atoms with Gasteiger partial charge in [-0.1, -0.05) is 49.6 Å². The molecule has 0 bridgehead atoms. The molecule has 1 aromatic carbocycles. The SMILES string of the molecule is Cc1c(-c2ccccc2)sc2ncn(CC(=O)N(C)C3(C#N)CCCCC3)c(=O)c12. The van der Waals surface area contributed by atoms with E-state index in [-0.39, 0.29) is 18.0 Å². The lowest BCUT2D eigenvalue weighted by atomic mass is 9.81. The fourth-order valence-electron chi connectivity index (χ4n) is 4.29. The second-order valence-corrected chi connectivity index (χ2v) is 8.94. The summed E-state index contributed by atoms with van der Waals surface area (Å²) < 4.78 is 1.36. The first-order valence-electron chi connectivity index (χ1n) is 10.2. The Morgan fingerprint density at radius 2 is 1.97 bits per heavy atom. The lowest BCUT2D eigenvalue weighted by Crippen LogP contribution is -2.51. The van der Waals surface area contributed by atoms with E-state index in [0.717, 1.165) is 35.3 Å². The molecule has 0 radical (unpaired) electrons. The van der Waals surface area contributed by atoms with E-state index in [0.29, 0.717) is 23.1 Å². The smallest absolute Gasteiger partial charge is 0.262 e. The minimum atomic E-state index is -0.769. The maximum atomic E-state index is 13.2. The average Bonchev–Trinajstić information content (AvgIpc) is 3.13. The first-order valence-corrected chi connectivity index (χ1v) is 11.0. The summed E-state index contributed by atoms with van der Waals surface area (Å²) >= 11 is 1.49. The fourth-order valence-corrected chi connectivity index (χ4v) is 5.43. The lowest BCUT2D eigenvalue weighted by molar-refractivity contribution is -0.135. The third-order valence-corrected chi connectivity index (χ3v) is 7.41. The van der Waals surface area contributed by atoms with Crippen molar-refractivity contribution in [3.63, 3.8) is 0 Å². The summed E-state index contributed by atoms with van der Waals surface area (Å²) in [6.45, 7) is 1.81. The number of benzene rings is 1. The number of nitriles is 1. The third-order valence-electron chi connectivity index (χ3n) is 6.16. The van der Waals surface area contributed by atoms with Crippen LogP contribution in [-0.2, 0) is 11.3 Å². The number of amides is 1. The number of carbonyl (C=O) groups is 1. The van der Waals surface area contributed by atoms with E-state index in [1.165, 1.54) is 22.2 Å². The summed E-state index contributed by atoms with van der Waals surface area (Å²) in [5.74, 6) is -0.238. The van der Waals surface area contributed by atoms with Gasteiger partial charge in [-0.05, 0) is 30.9 Å². The van der Waals surface area contributed by atoms with Gasteiger partial charge in [0, 0.05) is 11.9 Å². The van der Waals surface area contributed by atoms with Crippen LogP contribution in [0.2, 0.25) is 0 Å². The van der Waals surface area contributed by atoms with E-state index in [1.54, 1.807) is 11.9 Å². The Morgan fingerprint density at radius 1 is 1.27 bits per heavy atom. The van der Waals surface area contributed by atoms with Gasteiger partial charge in [0.15, 0.2) is 0 Å². The minimum absolute atomic E-state index is 0.113. The molecule has 0 saturated heterocycles. The number of aryl methyl sites for hydroxylation is 1. The Morgan fingerprint density at radius 3 is 2.63 bits per heavy atom. The van der Waals surface area contributed by atoms with Gasteiger partial charge in [-0.3, -0.25) is 14.2 Å². The third kappa shape index (κ3) is 3.41. The van der Waals surface area contributed by atoms with Gasteiger partial charge in [0.2, 0.25) is 5.91 Å². The number of aromatic nitrogens is 2. The summed E-state index contributed by atoms with van der Waals surface area (Å²) in [6, 6.07) is 12.3. The van der Waals surface area contributed by atoms with Crippen LogP contribution in [0.4, 0.5) is 0 Å². The molecule has 7 heteroatoms. The molecule has 0 aliphatic heterocycles. The summed E-state index contributed by atoms with van der Waals surface area (Å²) in [7, 11) is 1.68. The molecule has 0 N–H and O–H groups in total. The first-order chi connectivity index (χ1) is 14.5. The molecule has 1 aliphatic rings. The molecule has 1 fully saturated rings. The first kappa shape index (κ1) is 20.3.